The van der Waals surface area contributed by atoms with Crippen LogP contribution in [0.3, 0.4) is 0 Å². The summed E-state index contributed by atoms with van der Waals surface area (Å²) in [4.78, 5) is 0. The van der Waals surface area contributed by atoms with Gasteiger partial charge < -0.3 is 10.1 Å². The monoisotopic (exact) mass is 279 g/mol. The zero-order chi connectivity index (χ0) is 14.6. The van der Waals surface area contributed by atoms with Crippen molar-refractivity contribution < 1.29 is 22.3 Å². The van der Waals surface area contributed by atoms with E-state index >= 15 is 0 Å². The van der Waals surface area contributed by atoms with Crippen LogP contribution in [0, 0.1) is 5.82 Å². The number of ether oxygens (including phenoxy) is 1. The van der Waals surface area contributed by atoms with Gasteiger partial charge in [0.15, 0.2) is 0 Å². The Morgan fingerprint density at radius 3 is 2.37 bits per heavy atom. The zero-order valence-electron chi connectivity index (χ0n) is 11.0. The molecule has 19 heavy (non-hydrogen) atoms. The third kappa shape index (κ3) is 5.06. The summed E-state index contributed by atoms with van der Waals surface area (Å²) in [5.74, 6) is -0.129. The van der Waals surface area contributed by atoms with Crippen LogP contribution in [-0.2, 0) is 0 Å². The fourth-order valence-corrected chi connectivity index (χ4v) is 1.91. The lowest BCUT2D eigenvalue weighted by molar-refractivity contribution is -0.139. The number of hydrogen-bond donors (Lipinski definition) is 1. The molecule has 1 aromatic carbocycles. The van der Waals surface area contributed by atoms with Gasteiger partial charge in [0.05, 0.1) is 13.5 Å². The fourth-order valence-electron chi connectivity index (χ4n) is 1.91. The molecule has 1 N–H and O–H groups in total. The molecule has 0 saturated carbocycles. The molecule has 0 bridgehead atoms. The Labute approximate surface area is 109 Å². The average Bonchev–Trinajstić information content (AvgIpc) is 2.25. The van der Waals surface area contributed by atoms with Crippen molar-refractivity contribution in [2.24, 2.45) is 0 Å². The van der Waals surface area contributed by atoms with Crippen molar-refractivity contribution in [2.75, 3.05) is 7.11 Å². The molecule has 2 atom stereocenters. The molecule has 0 heterocycles. The van der Waals surface area contributed by atoms with E-state index in [1.165, 1.54) is 26.2 Å². The van der Waals surface area contributed by atoms with E-state index in [1.807, 2.05) is 0 Å². The van der Waals surface area contributed by atoms with Crippen LogP contribution in [0.1, 0.15) is 31.9 Å². The van der Waals surface area contributed by atoms with E-state index in [0.717, 1.165) is 0 Å². The van der Waals surface area contributed by atoms with Gasteiger partial charge in [0.2, 0.25) is 0 Å². The van der Waals surface area contributed by atoms with Crippen LogP contribution in [0.25, 0.3) is 0 Å². The van der Waals surface area contributed by atoms with Gasteiger partial charge in [-0.05, 0) is 19.9 Å². The van der Waals surface area contributed by atoms with Crippen molar-refractivity contribution in [3.8, 4) is 5.75 Å². The Balaban J connectivity index is 2.70. The lowest BCUT2D eigenvalue weighted by atomic mass is 10.1. The Kier molecular flexibility index (Phi) is 5.17. The minimum atomic E-state index is -4.23. The van der Waals surface area contributed by atoms with Crippen molar-refractivity contribution in [2.45, 2.75) is 38.5 Å². The molecule has 0 aliphatic rings. The van der Waals surface area contributed by atoms with E-state index in [9.17, 15) is 17.6 Å². The van der Waals surface area contributed by atoms with E-state index < -0.39 is 30.5 Å². The summed E-state index contributed by atoms with van der Waals surface area (Å²) >= 11 is 0. The first-order chi connectivity index (χ1) is 8.73. The van der Waals surface area contributed by atoms with Crippen molar-refractivity contribution in [3.63, 3.8) is 0 Å². The van der Waals surface area contributed by atoms with Crippen LogP contribution in [0.2, 0.25) is 0 Å². The number of hydrogen-bond acceptors (Lipinski definition) is 2. The second kappa shape index (κ2) is 6.23. The molecule has 1 rings (SSSR count). The van der Waals surface area contributed by atoms with E-state index in [0.29, 0.717) is 11.3 Å². The predicted molar refractivity (Wildman–Crippen MR) is 64.6 cm³/mol. The van der Waals surface area contributed by atoms with Gasteiger partial charge in [0, 0.05) is 23.7 Å². The summed E-state index contributed by atoms with van der Waals surface area (Å²) in [6.45, 7) is 3.04. The van der Waals surface area contributed by atoms with E-state index in [2.05, 4.69) is 5.32 Å². The molecule has 0 spiro atoms. The van der Waals surface area contributed by atoms with Gasteiger partial charge in [-0.25, -0.2) is 4.39 Å². The Morgan fingerprint density at radius 1 is 1.26 bits per heavy atom. The van der Waals surface area contributed by atoms with Gasteiger partial charge in [0.25, 0.3) is 0 Å². The number of methoxy groups -OCH3 is 1. The van der Waals surface area contributed by atoms with Crippen molar-refractivity contribution in [3.05, 3.63) is 29.6 Å². The molecule has 108 valence electrons. The molecular weight excluding hydrogens is 262 g/mol. The summed E-state index contributed by atoms with van der Waals surface area (Å²) in [6, 6.07) is 3.00. The lowest BCUT2D eigenvalue weighted by Crippen LogP contribution is -2.33. The number of alkyl halides is 3. The summed E-state index contributed by atoms with van der Waals surface area (Å²) in [7, 11) is 1.42. The number of benzene rings is 1. The van der Waals surface area contributed by atoms with Crippen molar-refractivity contribution in [1.29, 1.82) is 0 Å². The lowest BCUT2D eigenvalue weighted by Gasteiger charge is -2.22. The fraction of sp³-hybridized carbons (Fsp3) is 0.538. The minimum absolute atomic E-state index is 0.315. The van der Waals surface area contributed by atoms with E-state index in [1.54, 1.807) is 13.0 Å². The van der Waals surface area contributed by atoms with Crippen LogP contribution < -0.4 is 10.1 Å². The Morgan fingerprint density at radius 2 is 1.89 bits per heavy atom. The van der Waals surface area contributed by atoms with Gasteiger partial charge in [-0.1, -0.05) is 6.07 Å². The normalized spacial score (nSPS) is 15.1. The van der Waals surface area contributed by atoms with E-state index in [-0.39, 0.29) is 0 Å². The quantitative estimate of drug-likeness (QED) is 0.827. The topological polar surface area (TPSA) is 21.3 Å². The van der Waals surface area contributed by atoms with Crippen molar-refractivity contribution >= 4 is 0 Å². The molecule has 2 nitrogen and oxygen atoms in total. The molecular formula is C13H17F4NO. The highest BCUT2D eigenvalue weighted by Gasteiger charge is 2.30. The maximum Gasteiger partial charge on any atom is 0.390 e. The molecule has 2 unspecified atom stereocenters. The first-order valence-corrected chi connectivity index (χ1v) is 5.89. The summed E-state index contributed by atoms with van der Waals surface area (Å²) < 4.78 is 55.2. The number of rotatable bonds is 5. The smallest absolute Gasteiger partial charge is 0.390 e. The Bertz CT molecular complexity index is 420. The molecule has 0 aromatic heterocycles. The molecule has 0 amide bonds. The molecule has 0 saturated heterocycles. The van der Waals surface area contributed by atoms with E-state index in [4.69, 9.17) is 4.74 Å². The van der Waals surface area contributed by atoms with Crippen LogP contribution in [-0.4, -0.2) is 19.3 Å². The van der Waals surface area contributed by atoms with Gasteiger partial charge in [-0.15, -0.1) is 0 Å². The second-order valence-corrected chi connectivity index (χ2v) is 4.50. The standard InChI is InChI=1S/C13H17F4NO/c1-8(7-13(15,16)17)18-9(2)11-5-4-10(19-3)6-12(11)14/h4-6,8-9,18H,7H2,1-3H3. The van der Waals surface area contributed by atoms with Crippen LogP contribution in [0.15, 0.2) is 18.2 Å². The first kappa shape index (κ1) is 15.8. The first-order valence-electron chi connectivity index (χ1n) is 5.89. The largest absolute Gasteiger partial charge is 0.497 e. The van der Waals surface area contributed by atoms with Gasteiger partial charge in [-0.2, -0.15) is 13.2 Å². The van der Waals surface area contributed by atoms with Gasteiger partial charge >= 0.3 is 6.18 Å². The van der Waals surface area contributed by atoms with Gasteiger partial charge in [-0.3, -0.25) is 0 Å². The van der Waals surface area contributed by atoms with Crippen LogP contribution in [0.4, 0.5) is 17.6 Å². The summed E-state index contributed by atoms with van der Waals surface area (Å²) in [5.41, 5.74) is 0.315. The SMILES string of the molecule is COc1ccc(C(C)NC(C)CC(F)(F)F)c(F)c1. The molecule has 0 fully saturated rings. The summed E-state index contributed by atoms with van der Waals surface area (Å²) in [6.07, 6.45) is -5.18. The highest BCUT2D eigenvalue weighted by molar-refractivity contribution is 5.30. The third-order valence-corrected chi connectivity index (χ3v) is 2.75. The minimum Gasteiger partial charge on any atom is -0.497 e. The average molecular weight is 279 g/mol. The highest BCUT2D eigenvalue weighted by atomic mass is 19.4. The highest BCUT2D eigenvalue weighted by Crippen LogP contribution is 2.25. The molecule has 6 heteroatoms. The number of halogens is 4. The zero-order valence-corrected chi connectivity index (χ0v) is 11.0. The second-order valence-electron chi connectivity index (χ2n) is 4.50. The van der Waals surface area contributed by atoms with Crippen LogP contribution in [0.5, 0.6) is 5.75 Å². The van der Waals surface area contributed by atoms with Gasteiger partial charge in [0.1, 0.15) is 11.6 Å². The molecule has 1 aromatic rings. The van der Waals surface area contributed by atoms with Crippen LogP contribution >= 0.6 is 0 Å². The molecule has 0 aliphatic carbocycles. The predicted octanol–water partition coefficient (Wildman–Crippen LogP) is 3.83. The van der Waals surface area contributed by atoms with Crippen molar-refractivity contribution in [1.82, 2.24) is 5.32 Å². The molecule has 0 radical (unpaired) electrons. The summed E-state index contributed by atoms with van der Waals surface area (Å²) in [5, 5.41) is 2.73. The molecule has 0 aliphatic heterocycles. The maximum atomic E-state index is 13.7. The third-order valence-electron chi connectivity index (χ3n) is 2.75. The number of nitrogens with one attached hydrogen (secondary N) is 1. The maximum absolute atomic E-state index is 13.7. The Hall–Kier alpha value is -1.30.